The lowest BCUT2D eigenvalue weighted by Crippen LogP contribution is -2.36. The maximum Gasteiger partial charge on any atom is 0.322 e. The first-order chi connectivity index (χ1) is 12.0. The van der Waals surface area contributed by atoms with Gasteiger partial charge in [-0.25, -0.2) is 4.98 Å². The Morgan fingerprint density at radius 3 is 2.42 bits per heavy atom. The van der Waals surface area contributed by atoms with Crippen LogP contribution in [0.25, 0.3) is 0 Å². The number of thiazole rings is 1. The fourth-order valence-electron chi connectivity index (χ4n) is 1.92. The first-order valence-electron chi connectivity index (χ1n) is 8.24. The van der Waals surface area contributed by atoms with Gasteiger partial charge in [-0.2, -0.15) is 0 Å². The van der Waals surface area contributed by atoms with Crippen molar-refractivity contribution in [2.75, 3.05) is 0 Å². The molecule has 0 spiro atoms. The van der Waals surface area contributed by atoms with Crippen LogP contribution in [-0.4, -0.2) is 21.3 Å². The molecule has 2 rings (SSSR count). The van der Waals surface area contributed by atoms with Crippen LogP contribution < -0.4 is 0 Å². The van der Waals surface area contributed by atoms with Crippen LogP contribution in [-0.2, 0) is 27.5 Å². The molecule has 0 saturated heterocycles. The molecule has 142 valence electrons. The van der Waals surface area contributed by atoms with Gasteiger partial charge in [0.2, 0.25) is 0 Å². The zero-order valence-electron chi connectivity index (χ0n) is 15.7. The van der Waals surface area contributed by atoms with Crippen molar-refractivity contribution in [2.45, 2.75) is 62.5 Å². The van der Waals surface area contributed by atoms with Gasteiger partial charge in [0, 0.05) is 9.85 Å². The van der Waals surface area contributed by atoms with Crippen LogP contribution >= 0.6 is 39.0 Å². The summed E-state index contributed by atoms with van der Waals surface area (Å²) in [6.07, 6.45) is 0. The normalized spacial score (nSPS) is 12.2. The molecule has 0 unspecified atom stereocenters. The predicted molar refractivity (Wildman–Crippen MR) is 111 cm³/mol. The summed E-state index contributed by atoms with van der Waals surface area (Å²) in [4.78, 5) is 16.9. The Morgan fingerprint density at radius 2 is 1.81 bits per heavy atom. The van der Waals surface area contributed by atoms with Crippen molar-refractivity contribution in [1.29, 1.82) is 0 Å². The van der Waals surface area contributed by atoms with Crippen molar-refractivity contribution in [1.82, 2.24) is 4.98 Å². The summed E-state index contributed by atoms with van der Waals surface area (Å²) in [6, 6.07) is 8.04. The molecule has 26 heavy (non-hydrogen) atoms. The number of aromatic nitrogens is 1. The molecular formula is C19H24BrNO3S2. The van der Waals surface area contributed by atoms with Crippen LogP contribution in [0, 0.1) is 0 Å². The summed E-state index contributed by atoms with van der Waals surface area (Å²) in [5, 5.41) is 1.97. The second-order valence-corrected chi connectivity index (χ2v) is 11.0. The maximum atomic E-state index is 12.4. The van der Waals surface area contributed by atoms with E-state index in [-0.39, 0.29) is 5.97 Å². The molecule has 1 aromatic carbocycles. The van der Waals surface area contributed by atoms with Crippen LogP contribution in [0.1, 0.15) is 45.9 Å². The predicted octanol–water partition coefficient (Wildman–Crippen LogP) is 5.83. The number of ether oxygens (including phenoxy) is 2. The molecule has 1 heterocycles. The highest BCUT2D eigenvalue weighted by Gasteiger charge is 2.34. The van der Waals surface area contributed by atoms with E-state index in [0.717, 1.165) is 20.1 Å². The van der Waals surface area contributed by atoms with Crippen molar-refractivity contribution < 1.29 is 14.3 Å². The maximum absolute atomic E-state index is 12.4. The number of esters is 1. The standard InChI is InChI=1S/C19H24BrNO3S2/c1-18(2,3)24-16(22)19(4,5)26-17-21-15(12-25-17)11-23-10-13-6-8-14(20)9-7-13/h6-9,12H,10-11H2,1-5H3. The van der Waals surface area contributed by atoms with Crippen LogP contribution in [0.5, 0.6) is 0 Å². The number of benzene rings is 1. The van der Waals surface area contributed by atoms with Gasteiger partial charge in [-0.1, -0.05) is 39.8 Å². The molecule has 1 aromatic heterocycles. The van der Waals surface area contributed by atoms with E-state index >= 15 is 0 Å². The first kappa shape index (κ1) is 21.4. The molecule has 0 aliphatic carbocycles. The van der Waals surface area contributed by atoms with E-state index in [1.165, 1.54) is 23.1 Å². The molecule has 0 fully saturated rings. The van der Waals surface area contributed by atoms with Gasteiger partial charge in [-0.05, 0) is 52.3 Å². The van der Waals surface area contributed by atoms with Gasteiger partial charge in [0.15, 0.2) is 4.34 Å². The Bertz CT molecular complexity index is 736. The number of carbonyl (C=O) groups excluding carboxylic acids is 1. The van der Waals surface area contributed by atoms with Gasteiger partial charge in [0.1, 0.15) is 10.3 Å². The van der Waals surface area contributed by atoms with Crippen LogP contribution in [0.15, 0.2) is 38.5 Å². The molecule has 4 nitrogen and oxygen atoms in total. The minimum absolute atomic E-state index is 0.238. The Hall–Kier alpha value is -0.890. The smallest absolute Gasteiger partial charge is 0.322 e. The van der Waals surface area contributed by atoms with Gasteiger partial charge in [-0.15, -0.1) is 11.3 Å². The summed E-state index contributed by atoms with van der Waals surface area (Å²) in [5.41, 5.74) is 1.49. The fourth-order valence-corrected chi connectivity index (χ4v) is 4.39. The Labute approximate surface area is 171 Å². The van der Waals surface area contributed by atoms with Crippen molar-refractivity contribution >= 4 is 45.0 Å². The average Bonchev–Trinajstić information content (AvgIpc) is 2.94. The highest BCUT2D eigenvalue weighted by atomic mass is 79.9. The average molecular weight is 458 g/mol. The minimum atomic E-state index is -0.694. The first-order valence-corrected chi connectivity index (χ1v) is 10.7. The lowest BCUT2D eigenvalue weighted by Gasteiger charge is -2.27. The topological polar surface area (TPSA) is 48.4 Å². The van der Waals surface area contributed by atoms with Crippen molar-refractivity contribution in [3.63, 3.8) is 0 Å². The summed E-state index contributed by atoms with van der Waals surface area (Å²) in [6.45, 7) is 10.3. The van der Waals surface area contributed by atoms with E-state index < -0.39 is 10.3 Å². The third kappa shape index (κ3) is 7.02. The SMILES string of the molecule is CC(C)(C)OC(=O)C(C)(C)Sc1nc(COCc2ccc(Br)cc2)cs1. The quantitative estimate of drug-likeness (QED) is 0.386. The Kier molecular flexibility index (Phi) is 7.30. The molecule has 2 aromatic rings. The number of thioether (sulfide) groups is 1. The molecule has 0 radical (unpaired) electrons. The molecular weight excluding hydrogens is 434 g/mol. The third-order valence-corrected chi connectivity index (χ3v) is 5.89. The molecule has 0 saturated carbocycles. The molecule has 0 amide bonds. The molecule has 7 heteroatoms. The number of nitrogens with zero attached hydrogens (tertiary/aromatic N) is 1. The van der Waals surface area contributed by atoms with Crippen molar-refractivity contribution in [3.8, 4) is 0 Å². The number of hydrogen-bond acceptors (Lipinski definition) is 6. The summed E-state index contributed by atoms with van der Waals surface area (Å²) >= 11 is 6.36. The molecule has 0 N–H and O–H groups in total. The molecule has 0 atom stereocenters. The van der Waals surface area contributed by atoms with E-state index in [2.05, 4.69) is 20.9 Å². The minimum Gasteiger partial charge on any atom is -0.459 e. The van der Waals surface area contributed by atoms with Crippen LogP contribution in [0.2, 0.25) is 0 Å². The highest BCUT2D eigenvalue weighted by Crippen LogP contribution is 2.36. The van der Waals surface area contributed by atoms with Gasteiger partial charge in [-0.3, -0.25) is 4.79 Å². The Morgan fingerprint density at radius 1 is 1.15 bits per heavy atom. The molecule has 0 aliphatic heterocycles. The number of hydrogen-bond donors (Lipinski definition) is 0. The van der Waals surface area contributed by atoms with Crippen LogP contribution in [0.4, 0.5) is 0 Å². The fraction of sp³-hybridized carbons (Fsp3) is 0.474. The molecule has 0 bridgehead atoms. The van der Waals surface area contributed by atoms with E-state index in [1.807, 2.05) is 64.3 Å². The number of carbonyl (C=O) groups is 1. The molecule has 0 aliphatic rings. The lowest BCUT2D eigenvalue weighted by atomic mass is 10.1. The van der Waals surface area contributed by atoms with Gasteiger partial charge in [0.05, 0.1) is 18.9 Å². The Balaban J connectivity index is 1.86. The van der Waals surface area contributed by atoms with Gasteiger partial charge in [0.25, 0.3) is 0 Å². The summed E-state index contributed by atoms with van der Waals surface area (Å²) < 4.78 is 12.4. The zero-order chi connectivity index (χ0) is 19.4. The van der Waals surface area contributed by atoms with Gasteiger partial charge < -0.3 is 9.47 Å². The van der Waals surface area contributed by atoms with Crippen LogP contribution in [0.3, 0.4) is 0 Å². The van der Waals surface area contributed by atoms with Crippen molar-refractivity contribution in [2.24, 2.45) is 0 Å². The zero-order valence-corrected chi connectivity index (χ0v) is 18.9. The monoisotopic (exact) mass is 457 g/mol. The number of rotatable bonds is 7. The lowest BCUT2D eigenvalue weighted by molar-refractivity contribution is -0.156. The van der Waals surface area contributed by atoms with E-state index in [4.69, 9.17) is 9.47 Å². The summed E-state index contributed by atoms with van der Waals surface area (Å²) in [7, 11) is 0. The second kappa shape index (κ2) is 8.87. The van der Waals surface area contributed by atoms with E-state index in [9.17, 15) is 4.79 Å². The van der Waals surface area contributed by atoms with E-state index in [0.29, 0.717) is 13.2 Å². The summed E-state index contributed by atoms with van der Waals surface area (Å²) in [5.74, 6) is -0.238. The largest absolute Gasteiger partial charge is 0.459 e. The third-order valence-electron chi connectivity index (χ3n) is 3.20. The highest BCUT2D eigenvalue weighted by molar-refractivity contribution is 9.10. The van der Waals surface area contributed by atoms with Gasteiger partial charge >= 0.3 is 5.97 Å². The second-order valence-electron chi connectivity index (χ2n) is 7.34. The van der Waals surface area contributed by atoms with E-state index in [1.54, 1.807) is 0 Å². The number of halogens is 1. The van der Waals surface area contributed by atoms with Crippen molar-refractivity contribution in [3.05, 3.63) is 45.4 Å².